The predicted molar refractivity (Wildman–Crippen MR) is 102 cm³/mol. The molecule has 2 aliphatic rings. The van der Waals surface area contributed by atoms with Crippen LogP contribution in [0.1, 0.15) is 24.0 Å². The van der Waals surface area contributed by atoms with Crippen molar-refractivity contribution in [1.82, 2.24) is 14.2 Å². The van der Waals surface area contributed by atoms with Gasteiger partial charge in [-0.2, -0.15) is 0 Å². The lowest BCUT2D eigenvalue weighted by atomic mass is 9.73. The van der Waals surface area contributed by atoms with E-state index in [0.717, 1.165) is 38.0 Å². The van der Waals surface area contributed by atoms with Crippen LogP contribution in [0.15, 0.2) is 54.9 Å². The average Bonchev–Trinajstić information content (AvgIpc) is 2.62. The van der Waals surface area contributed by atoms with Crippen molar-refractivity contribution in [1.29, 1.82) is 0 Å². The summed E-state index contributed by atoms with van der Waals surface area (Å²) in [5, 5.41) is 0. The van der Waals surface area contributed by atoms with Crippen molar-refractivity contribution >= 4 is 10.0 Å². The van der Waals surface area contributed by atoms with Gasteiger partial charge in [0.2, 0.25) is 10.0 Å². The fourth-order valence-corrected chi connectivity index (χ4v) is 5.76. The van der Waals surface area contributed by atoms with E-state index in [1.54, 1.807) is 10.5 Å². The second kappa shape index (κ2) is 7.10. The molecule has 138 valence electrons. The van der Waals surface area contributed by atoms with Gasteiger partial charge in [-0.15, -0.1) is 0 Å². The molecular formula is C20H25N3O2S. The molecule has 0 bridgehead atoms. The number of hydrogen-bond acceptors (Lipinski definition) is 4. The Balaban J connectivity index is 1.29. The molecule has 0 saturated carbocycles. The SMILES string of the molecule is O=S(=O)(Cc1ccccc1)N1CC2(CCN(Cc3cccnc3)CC2)C1. The summed E-state index contributed by atoms with van der Waals surface area (Å²) in [6.07, 6.45) is 5.87. The fraction of sp³-hybridized carbons (Fsp3) is 0.450. The zero-order valence-electron chi connectivity index (χ0n) is 14.9. The topological polar surface area (TPSA) is 53.5 Å². The smallest absolute Gasteiger partial charge is 0.218 e. The van der Waals surface area contributed by atoms with E-state index in [1.165, 1.54) is 5.56 Å². The summed E-state index contributed by atoms with van der Waals surface area (Å²) < 4.78 is 26.9. The Morgan fingerprint density at radius 2 is 1.65 bits per heavy atom. The van der Waals surface area contributed by atoms with E-state index >= 15 is 0 Å². The number of nitrogens with zero attached hydrogens (tertiary/aromatic N) is 3. The molecule has 5 nitrogen and oxygen atoms in total. The monoisotopic (exact) mass is 371 g/mol. The van der Waals surface area contributed by atoms with Gasteiger partial charge >= 0.3 is 0 Å². The molecule has 2 aromatic rings. The molecular weight excluding hydrogens is 346 g/mol. The minimum absolute atomic E-state index is 0.108. The summed E-state index contributed by atoms with van der Waals surface area (Å²) in [5.74, 6) is 0.108. The van der Waals surface area contributed by atoms with Gasteiger partial charge in [0.15, 0.2) is 0 Å². The Bertz CT molecular complexity index is 824. The summed E-state index contributed by atoms with van der Waals surface area (Å²) in [6, 6.07) is 13.5. The van der Waals surface area contributed by atoms with E-state index in [-0.39, 0.29) is 11.2 Å². The van der Waals surface area contributed by atoms with Crippen LogP contribution in [0, 0.1) is 5.41 Å². The number of likely N-dealkylation sites (tertiary alicyclic amines) is 1. The molecule has 0 aliphatic carbocycles. The Kier molecular flexibility index (Phi) is 4.82. The van der Waals surface area contributed by atoms with Gasteiger partial charge in [-0.05, 0) is 43.1 Å². The van der Waals surface area contributed by atoms with Crippen molar-refractivity contribution in [2.24, 2.45) is 5.41 Å². The van der Waals surface area contributed by atoms with Crippen LogP contribution in [0.5, 0.6) is 0 Å². The third-order valence-electron chi connectivity index (χ3n) is 5.65. The van der Waals surface area contributed by atoms with E-state index in [9.17, 15) is 8.42 Å². The Hall–Kier alpha value is -1.76. The van der Waals surface area contributed by atoms with Crippen LogP contribution in [0.25, 0.3) is 0 Å². The minimum atomic E-state index is -3.20. The first kappa shape index (κ1) is 17.6. The Morgan fingerprint density at radius 1 is 0.962 bits per heavy atom. The van der Waals surface area contributed by atoms with Crippen molar-refractivity contribution in [3.63, 3.8) is 0 Å². The number of hydrogen-bond donors (Lipinski definition) is 0. The molecule has 6 heteroatoms. The predicted octanol–water partition coefficient (Wildman–Crippen LogP) is 2.51. The second-order valence-corrected chi connectivity index (χ2v) is 9.62. The molecule has 2 aliphatic heterocycles. The average molecular weight is 372 g/mol. The summed E-state index contributed by atoms with van der Waals surface area (Å²) >= 11 is 0. The van der Waals surface area contributed by atoms with Gasteiger partial charge in [-0.1, -0.05) is 36.4 Å². The molecule has 1 aromatic heterocycles. The standard InChI is InChI=1S/C20H25N3O2S/c24-26(25,15-18-5-2-1-3-6-18)23-16-20(17-23)8-11-22(12-9-20)14-19-7-4-10-21-13-19/h1-7,10,13H,8-9,11-12,14-17H2. The summed E-state index contributed by atoms with van der Waals surface area (Å²) in [6.45, 7) is 4.36. The van der Waals surface area contributed by atoms with Gasteiger partial charge in [0, 0.05) is 37.4 Å². The molecule has 4 rings (SSSR count). The molecule has 2 fully saturated rings. The van der Waals surface area contributed by atoms with Crippen LogP contribution >= 0.6 is 0 Å². The first-order valence-electron chi connectivity index (χ1n) is 9.18. The highest BCUT2D eigenvalue weighted by atomic mass is 32.2. The van der Waals surface area contributed by atoms with Crippen LogP contribution in [-0.2, 0) is 22.3 Å². The van der Waals surface area contributed by atoms with E-state index in [0.29, 0.717) is 13.1 Å². The number of sulfonamides is 1. The van der Waals surface area contributed by atoms with Gasteiger partial charge in [0.1, 0.15) is 0 Å². The number of piperidine rings is 1. The molecule has 0 unspecified atom stereocenters. The lowest BCUT2D eigenvalue weighted by molar-refractivity contribution is -0.00149. The molecule has 0 radical (unpaired) electrons. The zero-order chi connectivity index (χ0) is 18.0. The third kappa shape index (κ3) is 3.82. The lowest BCUT2D eigenvalue weighted by Gasteiger charge is -2.53. The van der Waals surface area contributed by atoms with Crippen molar-refractivity contribution in [2.45, 2.75) is 25.1 Å². The summed E-state index contributed by atoms with van der Waals surface area (Å²) in [7, 11) is -3.20. The Labute approximate surface area is 155 Å². The maximum absolute atomic E-state index is 12.6. The van der Waals surface area contributed by atoms with Crippen LogP contribution in [0.4, 0.5) is 0 Å². The molecule has 3 heterocycles. The molecule has 1 spiro atoms. The highest BCUT2D eigenvalue weighted by molar-refractivity contribution is 7.88. The van der Waals surface area contributed by atoms with Crippen LogP contribution in [0.2, 0.25) is 0 Å². The van der Waals surface area contributed by atoms with Gasteiger partial charge in [0.05, 0.1) is 5.75 Å². The molecule has 26 heavy (non-hydrogen) atoms. The van der Waals surface area contributed by atoms with E-state index in [4.69, 9.17) is 0 Å². The normalized spacial score (nSPS) is 20.8. The Morgan fingerprint density at radius 3 is 2.31 bits per heavy atom. The quantitative estimate of drug-likeness (QED) is 0.810. The largest absolute Gasteiger partial charge is 0.299 e. The number of rotatable bonds is 5. The van der Waals surface area contributed by atoms with Crippen molar-refractivity contribution in [3.8, 4) is 0 Å². The van der Waals surface area contributed by atoms with Crippen LogP contribution in [0.3, 0.4) is 0 Å². The van der Waals surface area contributed by atoms with E-state index < -0.39 is 10.0 Å². The van der Waals surface area contributed by atoms with E-state index in [1.807, 2.05) is 42.6 Å². The van der Waals surface area contributed by atoms with E-state index in [2.05, 4.69) is 16.0 Å². The van der Waals surface area contributed by atoms with Gasteiger partial charge in [-0.3, -0.25) is 9.88 Å². The molecule has 0 amide bonds. The number of pyridine rings is 1. The summed E-state index contributed by atoms with van der Waals surface area (Å²) in [5.41, 5.74) is 2.29. The molecule has 2 saturated heterocycles. The number of aromatic nitrogens is 1. The van der Waals surface area contributed by atoms with Gasteiger partial charge in [-0.25, -0.2) is 12.7 Å². The van der Waals surface area contributed by atoms with Crippen molar-refractivity contribution < 1.29 is 8.42 Å². The summed E-state index contributed by atoms with van der Waals surface area (Å²) in [4.78, 5) is 6.63. The molecule has 0 atom stereocenters. The minimum Gasteiger partial charge on any atom is -0.299 e. The zero-order valence-corrected chi connectivity index (χ0v) is 15.7. The van der Waals surface area contributed by atoms with Crippen molar-refractivity contribution in [2.75, 3.05) is 26.2 Å². The maximum atomic E-state index is 12.6. The van der Waals surface area contributed by atoms with Crippen LogP contribution in [-0.4, -0.2) is 48.8 Å². The second-order valence-electron chi connectivity index (χ2n) is 7.65. The highest BCUT2D eigenvalue weighted by Crippen LogP contribution is 2.42. The first-order valence-corrected chi connectivity index (χ1v) is 10.8. The third-order valence-corrected chi connectivity index (χ3v) is 7.40. The fourth-order valence-electron chi connectivity index (χ4n) is 4.03. The maximum Gasteiger partial charge on any atom is 0.218 e. The van der Waals surface area contributed by atoms with Crippen LogP contribution < -0.4 is 0 Å². The highest BCUT2D eigenvalue weighted by Gasteiger charge is 2.48. The number of benzene rings is 1. The first-order chi connectivity index (χ1) is 12.5. The van der Waals surface area contributed by atoms with Gasteiger partial charge < -0.3 is 0 Å². The molecule has 1 aromatic carbocycles. The van der Waals surface area contributed by atoms with Gasteiger partial charge in [0.25, 0.3) is 0 Å². The lowest BCUT2D eigenvalue weighted by Crippen LogP contribution is -2.61. The molecule has 0 N–H and O–H groups in total. The van der Waals surface area contributed by atoms with Crippen molar-refractivity contribution in [3.05, 3.63) is 66.0 Å².